The number of benzene rings is 4. The summed E-state index contributed by atoms with van der Waals surface area (Å²) in [5, 5.41) is 3.06. The maximum atomic E-state index is 15.3. The summed E-state index contributed by atoms with van der Waals surface area (Å²) in [5.74, 6) is -1.02. The number of ether oxygens (including phenoxy) is 2. The van der Waals surface area contributed by atoms with Gasteiger partial charge >= 0.3 is 6.03 Å². The number of nitrogens with one attached hydrogen (secondary N) is 1. The number of urea groups is 1. The van der Waals surface area contributed by atoms with E-state index in [4.69, 9.17) is 15.2 Å². The largest absolute Gasteiger partial charge is 0.399 e. The van der Waals surface area contributed by atoms with Crippen LogP contribution in [0.5, 0.6) is 0 Å². The Morgan fingerprint density at radius 2 is 1.18 bits per heavy atom. The molecule has 2 fully saturated rings. The molecule has 0 bridgehead atoms. The van der Waals surface area contributed by atoms with Crippen LogP contribution < -0.4 is 11.1 Å². The van der Waals surface area contributed by atoms with E-state index in [1.54, 1.807) is 0 Å². The highest BCUT2D eigenvalue weighted by atomic mass is 16.8. The molecular formula is C41H48N4O4. The van der Waals surface area contributed by atoms with Gasteiger partial charge in [-0.1, -0.05) is 84.9 Å². The lowest BCUT2D eigenvalue weighted by Crippen LogP contribution is -2.51. The fourth-order valence-electron chi connectivity index (χ4n) is 7.06. The molecular weight excluding hydrogens is 612 g/mol. The van der Waals surface area contributed by atoms with E-state index in [2.05, 4.69) is 29.6 Å². The van der Waals surface area contributed by atoms with Gasteiger partial charge in [0.2, 0.25) is 0 Å². The molecule has 2 saturated heterocycles. The van der Waals surface area contributed by atoms with E-state index in [0.29, 0.717) is 30.6 Å². The second-order valence-corrected chi connectivity index (χ2v) is 14.8. The highest BCUT2D eigenvalue weighted by Crippen LogP contribution is 2.40. The van der Waals surface area contributed by atoms with Crippen LogP contribution in [0, 0.1) is 0 Å². The number of hydrogen-bond acceptors (Lipinski definition) is 5. The molecule has 0 radical (unpaired) electrons. The maximum Gasteiger partial charge on any atom is 0.321 e. The predicted molar refractivity (Wildman–Crippen MR) is 193 cm³/mol. The molecule has 3 N–H and O–H groups in total. The van der Waals surface area contributed by atoms with Crippen LogP contribution >= 0.6 is 0 Å². The molecule has 4 atom stereocenters. The first-order chi connectivity index (χ1) is 23.3. The smallest absolute Gasteiger partial charge is 0.321 e. The third-order valence-electron chi connectivity index (χ3n) is 9.12. The van der Waals surface area contributed by atoms with Crippen molar-refractivity contribution in [1.29, 1.82) is 0 Å². The highest BCUT2D eigenvalue weighted by molar-refractivity contribution is 5.94. The fraction of sp³-hybridized carbons (Fsp3) is 0.366. The van der Waals surface area contributed by atoms with Gasteiger partial charge in [-0.15, -0.1) is 0 Å². The predicted octanol–water partition coefficient (Wildman–Crippen LogP) is 6.98. The minimum absolute atomic E-state index is 0.117. The lowest BCUT2D eigenvalue weighted by molar-refractivity contribution is -0.157. The molecule has 2 aliphatic rings. The summed E-state index contributed by atoms with van der Waals surface area (Å²) in [6, 6.07) is 34.9. The number of rotatable bonds is 9. The van der Waals surface area contributed by atoms with Gasteiger partial charge in [0, 0.05) is 29.9 Å². The third-order valence-corrected chi connectivity index (χ3v) is 9.12. The number of nitrogen functional groups attached to an aromatic ring is 1. The Bertz CT molecular complexity index is 1750. The van der Waals surface area contributed by atoms with Crippen molar-refractivity contribution in [3.05, 3.63) is 137 Å². The minimum Gasteiger partial charge on any atom is -0.399 e. The van der Waals surface area contributed by atoms with Crippen molar-refractivity contribution in [2.24, 2.45) is 0 Å². The second kappa shape index (κ2) is 14.1. The first-order valence-corrected chi connectivity index (χ1v) is 17.1. The number of hydrogen-bond donors (Lipinski definition) is 2. The van der Waals surface area contributed by atoms with E-state index in [9.17, 15) is 4.79 Å². The number of fused-ring (bicyclic) bond motifs is 1. The Kier molecular flexibility index (Phi) is 9.82. The molecule has 0 unspecified atom stereocenters. The molecule has 4 aromatic carbocycles. The van der Waals surface area contributed by atoms with Gasteiger partial charge in [-0.2, -0.15) is 0 Å². The molecule has 49 heavy (non-hydrogen) atoms. The molecule has 2 heterocycles. The number of carbonyl (C=O) groups excluding carboxylic acids is 2. The molecule has 0 spiro atoms. The van der Waals surface area contributed by atoms with E-state index in [0.717, 1.165) is 22.3 Å². The van der Waals surface area contributed by atoms with Gasteiger partial charge in [-0.05, 0) is 94.0 Å². The van der Waals surface area contributed by atoms with E-state index in [1.807, 2.05) is 129 Å². The van der Waals surface area contributed by atoms with Gasteiger partial charge in [-0.25, -0.2) is 4.79 Å². The van der Waals surface area contributed by atoms with Gasteiger partial charge in [-0.3, -0.25) is 4.79 Å². The number of carbonyl (C=O) groups is 2. The van der Waals surface area contributed by atoms with Crippen LogP contribution in [0.15, 0.2) is 109 Å². The number of nitrogens with zero attached hydrogens (tertiary/aromatic N) is 2. The molecule has 3 amide bonds. The molecule has 8 heteroatoms. The van der Waals surface area contributed by atoms with Crippen molar-refractivity contribution in [2.75, 3.05) is 5.73 Å². The number of amides is 3. The summed E-state index contributed by atoms with van der Waals surface area (Å²) in [5.41, 5.74) is 11.0. The molecule has 2 aliphatic heterocycles. The Labute approximate surface area is 290 Å². The average molecular weight is 661 g/mol. The van der Waals surface area contributed by atoms with E-state index >= 15 is 4.79 Å². The van der Waals surface area contributed by atoms with Gasteiger partial charge < -0.3 is 30.3 Å². The van der Waals surface area contributed by atoms with Crippen LogP contribution in [-0.2, 0) is 35.4 Å². The van der Waals surface area contributed by atoms with E-state index in [1.165, 1.54) is 0 Å². The lowest BCUT2D eigenvalue weighted by atomic mass is 9.91. The van der Waals surface area contributed by atoms with Gasteiger partial charge in [0.1, 0.15) is 12.2 Å². The topological polar surface area (TPSA) is 97.1 Å². The maximum absolute atomic E-state index is 15.3. The Hall–Kier alpha value is -4.66. The third kappa shape index (κ3) is 8.32. The number of nitrogens with two attached hydrogens (primary N) is 1. The zero-order chi connectivity index (χ0) is 34.8. The Morgan fingerprint density at radius 3 is 1.67 bits per heavy atom. The summed E-state index contributed by atoms with van der Waals surface area (Å²) >= 11 is 0. The molecule has 6 rings (SSSR count). The first kappa shape index (κ1) is 34.2. The summed E-state index contributed by atoms with van der Waals surface area (Å²) in [6.45, 7) is 10.4. The molecule has 0 aliphatic carbocycles. The van der Waals surface area contributed by atoms with Crippen molar-refractivity contribution in [2.45, 2.75) is 96.2 Å². The number of anilines is 1. The van der Waals surface area contributed by atoms with Crippen molar-refractivity contribution < 1.29 is 19.1 Å². The van der Waals surface area contributed by atoms with Crippen molar-refractivity contribution in [3.63, 3.8) is 0 Å². The Morgan fingerprint density at radius 1 is 0.714 bits per heavy atom. The molecule has 256 valence electrons. The van der Waals surface area contributed by atoms with Gasteiger partial charge in [0.05, 0.1) is 12.1 Å². The van der Waals surface area contributed by atoms with Crippen LogP contribution in [0.25, 0.3) is 0 Å². The molecule has 8 nitrogen and oxygen atoms in total. The van der Waals surface area contributed by atoms with Gasteiger partial charge in [0.25, 0.3) is 5.91 Å². The molecule has 0 aromatic heterocycles. The summed E-state index contributed by atoms with van der Waals surface area (Å²) < 4.78 is 13.6. The summed E-state index contributed by atoms with van der Waals surface area (Å²) in [6.07, 6.45) is 0.319. The second-order valence-electron chi connectivity index (χ2n) is 14.8. The average Bonchev–Trinajstić information content (AvgIpc) is 3.36. The van der Waals surface area contributed by atoms with Crippen molar-refractivity contribution in [3.8, 4) is 0 Å². The molecule has 0 saturated carbocycles. The standard InChI is InChI=1S/C41H48N4O4/c1-40(2,3)43-38(46)32-20-12-18-30(22-32)26-44-34(24-28-14-8-6-9-15-28)36-37(49-41(4,5)48-36)35(25-29-16-10-7-11-17-29)45(39(44)47)27-31-19-13-21-33(42)23-31/h6-23,34-37H,24-27,42H2,1-5H3,(H,43,46)/t34-,35-,36+,37+/m1/s1. The van der Waals surface area contributed by atoms with Gasteiger partial charge in [0.15, 0.2) is 5.79 Å². The Balaban J connectivity index is 1.47. The first-order valence-electron chi connectivity index (χ1n) is 17.1. The van der Waals surface area contributed by atoms with Crippen LogP contribution in [0.2, 0.25) is 0 Å². The minimum atomic E-state index is -0.862. The normalized spacial score (nSPS) is 22.0. The zero-order valence-corrected chi connectivity index (χ0v) is 29.1. The monoisotopic (exact) mass is 660 g/mol. The van der Waals surface area contributed by atoms with Crippen molar-refractivity contribution in [1.82, 2.24) is 15.1 Å². The van der Waals surface area contributed by atoms with Crippen molar-refractivity contribution >= 4 is 17.6 Å². The quantitative estimate of drug-likeness (QED) is 0.189. The zero-order valence-electron chi connectivity index (χ0n) is 29.1. The highest BCUT2D eigenvalue weighted by Gasteiger charge is 2.55. The van der Waals surface area contributed by atoms with Crippen LogP contribution in [0.4, 0.5) is 10.5 Å². The van der Waals surface area contributed by atoms with E-state index < -0.39 is 18.0 Å². The summed E-state index contributed by atoms with van der Waals surface area (Å²) in [4.78, 5) is 32.4. The lowest BCUT2D eigenvalue weighted by Gasteiger charge is -2.37. The van der Waals surface area contributed by atoms with Crippen LogP contribution in [0.3, 0.4) is 0 Å². The molecule has 4 aromatic rings. The van der Waals surface area contributed by atoms with Crippen LogP contribution in [-0.4, -0.2) is 57.4 Å². The fourth-order valence-corrected chi connectivity index (χ4v) is 7.06. The van der Waals surface area contributed by atoms with Crippen LogP contribution in [0.1, 0.15) is 67.2 Å². The van der Waals surface area contributed by atoms with E-state index in [-0.39, 0.29) is 36.1 Å². The SMILES string of the molecule is CC(C)(C)NC(=O)c1cccc(CN2C(=O)N(Cc3cccc(N)c3)[C@H](Cc3ccccc3)[C@@H]3OC(C)(C)O[C@H]3[C@H]2Cc2ccccc2)c1. The summed E-state index contributed by atoms with van der Waals surface area (Å²) in [7, 11) is 0.